The number of carbonyl (C=O) groups is 1. The Morgan fingerprint density at radius 3 is 2.78 bits per heavy atom. The summed E-state index contributed by atoms with van der Waals surface area (Å²) in [5.41, 5.74) is 1.35. The van der Waals surface area contributed by atoms with E-state index in [1.54, 1.807) is 23.3 Å². The number of carbonyl (C=O) groups excluding carboxylic acids is 1. The summed E-state index contributed by atoms with van der Waals surface area (Å²) >= 11 is 1.58. The highest BCUT2D eigenvalue weighted by Crippen LogP contribution is 2.22. The van der Waals surface area contributed by atoms with Crippen LogP contribution in [-0.4, -0.2) is 48.7 Å². The molecule has 3 rings (SSSR count). The second-order valence-corrected chi connectivity index (χ2v) is 8.37. The molecule has 1 aliphatic rings. The molecule has 0 atom stereocenters. The van der Waals surface area contributed by atoms with Crippen LogP contribution in [0.15, 0.2) is 34.0 Å². The summed E-state index contributed by atoms with van der Waals surface area (Å²) in [5.74, 6) is -0.223. The fraction of sp³-hybridized carbons (Fsp3) is 0.400. The molecule has 3 heterocycles. The van der Waals surface area contributed by atoms with E-state index in [1.807, 2.05) is 16.8 Å². The quantitative estimate of drug-likeness (QED) is 0.895. The molecular formula is C15H19N3O3S2. The third kappa shape index (κ3) is 3.34. The second-order valence-electron chi connectivity index (χ2n) is 5.65. The average molecular weight is 353 g/mol. The lowest BCUT2D eigenvalue weighted by Crippen LogP contribution is -2.28. The molecule has 124 valence electrons. The maximum absolute atomic E-state index is 12.5. The summed E-state index contributed by atoms with van der Waals surface area (Å²) in [6.07, 6.45) is 3.18. The van der Waals surface area contributed by atoms with Crippen molar-refractivity contribution in [3.05, 3.63) is 40.3 Å². The minimum atomic E-state index is -3.49. The molecule has 0 radical (unpaired) electrons. The normalized spacial score (nSPS) is 15.9. The molecule has 23 heavy (non-hydrogen) atoms. The predicted molar refractivity (Wildman–Crippen MR) is 88.9 cm³/mol. The van der Waals surface area contributed by atoms with E-state index in [4.69, 9.17) is 0 Å². The highest BCUT2D eigenvalue weighted by Gasteiger charge is 2.29. The van der Waals surface area contributed by atoms with Crippen molar-refractivity contribution in [3.63, 3.8) is 0 Å². The number of amides is 1. The summed E-state index contributed by atoms with van der Waals surface area (Å²) in [4.78, 5) is 17.0. The van der Waals surface area contributed by atoms with Crippen LogP contribution in [0.25, 0.3) is 0 Å². The maximum atomic E-state index is 12.5. The molecular weight excluding hydrogens is 334 g/mol. The van der Waals surface area contributed by atoms with Crippen molar-refractivity contribution in [2.24, 2.45) is 0 Å². The Hall–Kier alpha value is -1.64. The molecule has 0 aliphatic carbocycles. The molecule has 0 spiro atoms. The maximum Gasteiger partial charge on any atom is 0.270 e. The fourth-order valence-corrected chi connectivity index (χ4v) is 4.83. The lowest BCUT2D eigenvalue weighted by atomic mass is 10.3. The van der Waals surface area contributed by atoms with Gasteiger partial charge in [0.05, 0.1) is 0 Å². The first-order valence-corrected chi connectivity index (χ1v) is 9.82. The van der Waals surface area contributed by atoms with E-state index in [2.05, 4.69) is 4.98 Å². The van der Waals surface area contributed by atoms with Gasteiger partial charge in [-0.1, -0.05) is 0 Å². The summed E-state index contributed by atoms with van der Waals surface area (Å²) in [7, 11) is -1.79. The van der Waals surface area contributed by atoms with Crippen LogP contribution in [-0.2, 0) is 16.6 Å². The summed E-state index contributed by atoms with van der Waals surface area (Å²) in [6, 6.07) is 3.40. The van der Waals surface area contributed by atoms with E-state index >= 15 is 0 Å². The number of rotatable bonds is 5. The molecule has 1 saturated heterocycles. The first kappa shape index (κ1) is 16.2. The van der Waals surface area contributed by atoms with Crippen molar-refractivity contribution in [1.29, 1.82) is 0 Å². The zero-order valence-corrected chi connectivity index (χ0v) is 14.5. The lowest BCUT2D eigenvalue weighted by Gasteiger charge is -2.15. The molecule has 0 saturated carbocycles. The predicted octanol–water partition coefficient (Wildman–Crippen LogP) is 2.13. The topological polar surface area (TPSA) is 73.5 Å². The Balaban J connectivity index is 1.74. The number of aromatic nitrogens is 1. The van der Waals surface area contributed by atoms with Crippen molar-refractivity contribution >= 4 is 27.3 Å². The van der Waals surface area contributed by atoms with Crippen LogP contribution >= 0.6 is 11.3 Å². The molecule has 1 N–H and O–H groups in total. The van der Waals surface area contributed by atoms with E-state index in [0.29, 0.717) is 25.3 Å². The van der Waals surface area contributed by atoms with Gasteiger partial charge in [-0.25, -0.2) is 8.42 Å². The van der Waals surface area contributed by atoms with Crippen molar-refractivity contribution in [1.82, 2.24) is 14.2 Å². The minimum absolute atomic E-state index is 0.159. The first-order valence-electron chi connectivity index (χ1n) is 7.43. The van der Waals surface area contributed by atoms with Crippen molar-refractivity contribution < 1.29 is 13.2 Å². The van der Waals surface area contributed by atoms with Gasteiger partial charge in [0.25, 0.3) is 5.91 Å². The van der Waals surface area contributed by atoms with Gasteiger partial charge in [0.15, 0.2) is 0 Å². The molecule has 2 aromatic rings. The molecule has 0 unspecified atom stereocenters. The largest absolute Gasteiger partial charge is 0.356 e. The number of nitrogens with zero attached hydrogens (tertiary/aromatic N) is 2. The Bertz CT molecular complexity index is 775. The third-order valence-corrected chi connectivity index (χ3v) is 6.54. The summed E-state index contributed by atoms with van der Waals surface area (Å²) < 4.78 is 26.4. The van der Waals surface area contributed by atoms with Crippen LogP contribution in [0.2, 0.25) is 0 Å². The zero-order chi connectivity index (χ0) is 16.4. The monoisotopic (exact) mass is 353 g/mol. The number of aromatic amines is 1. The van der Waals surface area contributed by atoms with Crippen LogP contribution in [0.4, 0.5) is 0 Å². The van der Waals surface area contributed by atoms with Gasteiger partial charge in [-0.2, -0.15) is 15.6 Å². The van der Waals surface area contributed by atoms with E-state index in [1.165, 1.54) is 16.6 Å². The number of hydrogen-bond donors (Lipinski definition) is 1. The zero-order valence-electron chi connectivity index (χ0n) is 12.9. The van der Waals surface area contributed by atoms with Gasteiger partial charge >= 0.3 is 0 Å². The SMILES string of the molecule is CN(Cc1ccsc1)C(=O)c1cc(S(=O)(=O)N2CCCC2)c[nH]1. The van der Waals surface area contributed by atoms with E-state index in [0.717, 1.165) is 18.4 Å². The van der Waals surface area contributed by atoms with E-state index in [-0.39, 0.29) is 10.8 Å². The van der Waals surface area contributed by atoms with Crippen LogP contribution in [0.3, 0.4) is 0 Å². The van der Waals surface area contributed by atoms with Gasteiger partial charge in [0, 0.05) is 32.9 Å². The average Bonchev–Trinajstić information content (AvgIpc) is 3.26. The molecule has 1 amide bonds. The molecule has 6 nitrogen and oxygen atoms in total. The number of thiophene rings is 1. The van der Waals surface area contributed by atoms with Gasteiger partial charge < -0.3 is 9.88 Å². The highest BCUT2D eigenvalue weighted by molar-refractivity contribution is 7.89. The van der Waals surface area contributed by atoms with Crippen molar-refractivity contribution in [3.8, 4) is 0 Å². The highest BCUT2D eigenvalue weighted by atomic mass is 32.2. The minimum Gasteiger partial charge on any atom is -0.356 e. The third-order valence-electron chi connectivity index (χ3n) is 3.94. The Kier molecular flexibility index (Phi) is 4.56. The Morgan fingerprint density at radius 1 is 1.39 bits per heavy atom. The molecule has 2 aromatic heterocycles. The van der Waals surface area contributed by atoms with Gasteiger partial charge in [0.2, 0.25) is 10.0 Å². The van der Waals surface area contributed by atoms with Gasteiger partial charge in [-0.3, -0.25) is 4.79 Å². The second kappa shape index (κ2) is 6.46. The molecule has 0 aromatic carbocycles. The lowest BCUT2D eigenvalue weighted by molar-refractivity contribution is 0.0780. The van der Waals surface area contributed by atoms with Crippen LogP contribution < -0.4 is 0 Å². The van der Waals surface area contributed by atoms with Crippen molar-refractivity contribution in [2.75, 3.05) is 20.1 Å². The molecule has 8 heteroatoms. The Labute approximate surface area is 139 Å². The summed E-state index contributed by atoms with van der Waals surface area (Å²) in [6.45, 7) is 1.60. The number of sulfonamides is 1. The number of hydrogen-bond acceptors (Lipinski definition) is 4. The van der Waals surface area contributed by atoms with E-state index < -0.39 is 10.0 Å². The first-order chi connectivity index (χ1) is 11.0. The summed E-state index contributed by atoms with van der Waals surface area (Å²) in [5, 5.41) is 3.95. The van der Waals surface area contributed by atoms with Crippen LogP contribution in [0, 0.1) is 0 Å². The standard InChI is InChI=1S/C15H19N3O3S2/c1-17(10-12-4-7-22-11-12)15(19)14-8-13(9-16-14)23(20,21)18-5-2-3-6-18/h4,7-9,11,16H,2-3,5-6,10H2,1H3. The Morgan fingerprint density at radius 2 is 2.13 bits per heavy atom. The number of H-pyrrole nitrogens is 1. The van der Waals surface area contributed by atoms with Gasteiger partial charge in [-0.15, -0.1) is 0 Å². The van der Waals surface area contributed by atoms with E-state index in [9.17, 15) is 13.2 Å². The van der Waals surface area contributed by atoms with Gasteiger partial charge in [0.1, 0.15) is 10.6 Å². The fourth-order valence-electron chi connectivity index (χ4n) is 2.66. The smallest absolute Gasteiger partial charge is 0.270 e. The molecule has 0 bridgehead atoms. The van der Waals surface area contributed by atoms with Gasteiger partial charge in [-0.05, 0) is 41.3 Å². The van der Waals surface area contributed by atoms with Crippen molar-refractivity contribution in [2.45, 2.75) is 24.3 Å². The molecule has 1 fully saturated rings. The van der Waals surface area contributed by atoms with Crippen LogP contribution in [0.1, 0.15) is 28.9 Å². The molecule has 1 aliphatic heterocycles. The van der Waals surface area contributed by atoms with Crippen LogP contribution in [0.5, 0.6) is 0 Å². The number of nitrogens with one attached hydrogen (secondary N) is 1.